The van der Waals surface area contributed by atoms with Crippen LogP contribution in [0.25, 0.3) is 0 Å². The molecule has 40 heavy (non-hydrogen) atoms. The summed E-state index contributed by atoms with van der Waals surface area (Å²) in [7, 11) is 0. The van der Waals surface area contributed by atoms with Crippen molar-refractivity contribution >= 4 is 11.4 Å². The van der Waals surface area contributed by atoms with Gasteiger partial charge in [0.1, 0.15) is 23.0 Å². The first-order valence-electron chi connectivity index (χ1n) is 14.8. The lowest BCUT2D eigenvalue weighted by Crippen LogP contribution is -2.25. The zero-order chi connectivity index (χ0) is 28.2. The molecule has 0 aliphatic rings. The summed E-state index contributed by atoms with van der Waals surface area (Å²) in [5, 5.41) is 0. The highest BCUT2D eigenvalue weighted by Crippen LogP contribution is 2.46. The second-order valence-corrected chi connectivity index (χ2v) is 10.9. The highest BCUT2D eigenvalue weighted by Gasteiger charge is 2.34. The molecule has 210 valence electrons. The Morgan fingerprint density at radius 2 is 0.925 bits per heavy atom. The first-order chi connectivity index (χ1) is 19.5. The Bertz CT molecular complexity index is 1220. The minimum atomic E-state index is -0.336. The molecule has 0 bridgehead atoms. The standard InChI is InChI=1S/C36H44N2O2/c1-3-4-5-6-7-8-9-14-27-36(2,32-15-10-12-17-34(32)39-30-23-19-28(37)20-24-30)33-16-11-13-18-35(33)40-31-25-21-29(38)22-26-31/h10-13,15-26H,3-9,14,27,37-38H2,1-2H3. The van der Waals surface area contributed by atoms with Crippen molar-refractivity contribution in [3.8, 4) is 23.0 Å². The molecule has 0 atom stereocenters. The predicted octanol–water partition coefficient (Wildman–Crippen LogP) is 10.3. The maximum Gasteiger partial charge on any atom is 0.131 e. The maximum absolute atomic E-state index is 6.48. The fourth-order valence-corrected chi connectivity index (χ4v) is 5.38. The molecule has 0 aliphatic heterocycles. The van der Waals surface area contributed by atoms with E-state index in [4.69, 9.17) is 20.9 Å². The molecule has 4 aromatic rings. The van der Waals surface area contributed by atoms with Crippen molar-refractivity contribution in [1.82, 2.24) is 0 Å². The fraction of sp³-hybridized carbons (Fsp3) is 0.333. The number of rotatable bonds is 15. The van der Waals surface area contributed by atoms with Gasteiger partial charge in [0.15, 0.2) is 0 Å². The molecule has 0 radical (unpaired) electrons. The number of hydrogen-bond donors (Lipinski definition) is 2. The van der Waals surface area contributed by atoms with E-state index < -0.39 is 0 Å². The molecule has 0 saturated heterocycles. The molecular weight excluding hydrogens is 492 g/mol. The quantitative estimate of drug-likeness (QED) is 0.117. The second-order valence-electron chi connectivity index (χ2n) is 10.9. The third kappa shape index (κ3) is 7.81. The highest BCUT2D eigenvalue weighted by molar-refractivity contribution is 5.54. The van der Waals surface area contributed by atoms with Gasteiger partial charge in [0, 0.05) is 27.9 Å². The van der Waals surface area contributed by atoms with E-state index in [1.165, 1.54) is 44.9 Å². The normalized spacial score (nSPS) is 11.3. The van der Waals surface area contributed by atoms with Crippen LogP contribution in [0, 0.1) is 0 Å². The first kappa shape index (κ1) is 29.1. The lowest BCUT2D eigenvalue weighted by atomic mass is 9.71. The van der Waals surface area contributed by atoms with Gasteiger partial charge in [0.05, 0.1) is 0 Å². The van der Waals surface area contributed by atoms with Gasteiger partial charge in [-0.05, 0) is 67.1 Å². The van der Waals surface area contributed by atoms with Crippen LogP contribution < -0.4 is 20.9 Å². The van der Waals surface area contributed by atoms with Crippen molar-refractivity contribution in [3.63, 3.8) is 0 Å². The number of unbranched alkanes of at least 4 members (excludes halogenated alkanes) is 7. The molecule has 0 amide bonds. The number of nitrogen functional groups attached to an aromatic ring is 2. The third-order valence-corrected chi connectivity index (χ3v) is 7.71. The summed E-state index contributed by atoms with van der Waals surface area (Å²) in [6, 6.07) is 31.9. The predicted molar refractivity (Wildman–Crippen MR) is 168 cm³/mol. The lowest BCUT2D eigenvalue weighted by molar-refractivity contribution is 0.410. The van der Waals surface area contributed by atoms with Gasteiger partial charge in [-0.1, -0.05) is 102 Å². The van der Waals surface area contributed by atoms with Gasteiger partial charge in [0.25, 0.3) is 0 Å². The van der Waals surface area contributed by atoms with E-state index >= 15 is 0 Å². The van der Waals surface area contributed by atoms with E-state index in [9.17, 15) is 0 Å². The Morgan fingerprint density at radius 3 is 1.38 bits per heavy atom. The summed E-state index contributed by atoms with van der Waals surface area (Å²) in [5.41, 5.74) is 15.2. The van der Waals surface area contributed by atoms with Gasteiger partial charge in [-0.3, -0.25) is 0 Å². The van der Waals surface area contributed by atoms with E-state index in [1.54, 1.807) is 0 Å². The number of anilines is 2. The van der Waals surface area contributed by atoms with Crippen LogP contribution >= 0.6 is 0 Å². The molecule has 4 aromatic carbocycles. The van der Waals surface area contributed by atoms with Crippen LogP contribution in [0.15, 0.2) is 97.1 Å². The lowest BCUT2D eigenvalue weighted by Gasteiger charge is -2.34. The van der Waals surface area contributed by atoms with Crippen molar-refractivity contribution in [1.29, 1.82) is 0 Å². The second kappa shape index (κ2) is 14.5. The van der Waals surface area contributed by atoms with E-state index in [1.807, 2.05) is 60.7 Å². The van der Waals surface area contributed by atoms with Crippen LogP contribution in [0.2, 0.25) is 0 Å². The summed E-state index contributed by atoms with van der Waals surface area (Å²) in [6.45, 7) is 4.59. The van der Waals surface area contributed by atoms with Crippen LogP contribution in [0.5, 0.6) is 23.0 Å². The molecule has 0 spiro atoms. The van der Waals surface area contributed by atoms with Gasteiger partial charge in [-0.25, -0.2) is 0 Å². The Balaban J connectivity index is 1.65. The van der Waals surface area contributed by atoms with E-state index in [-0.39, 0.29) is 5.41 Å². The number of para-hydroxylation sites is 2. The van der Waals surface area contributed by atoms with Gasteiger partial charge in [-0.2, -0.15) is 0 Å². The van der Waals surface area contributed by atoms with Gasteiger partial charge >= 0.3 is 0 Å². The van der Waals surface area contributed by atoms with Crippen molar-refractivity contribution in [2.45, 2.75) is 77.0 Å². The molecule has 4 nitrogen and oxygen atoms in total. The molecule has 0 fully saturated rings. The average molecular weight is 537 g/mol. The largest absolute Gasteiger partial charge is 0.457 e. The average Bonchev–Trinajstić information content (AvgIpc) is 2.97. The Kier molecular flexibility index (Phi) is 10.5. The molecule has 4 rings (SSSR count). The molecule has 0 aliphatic carbocycles. The Labute approximate surface area is 240 Å². The van der Waals surface area contributed by atoms with Gasteiger partial charge in [-0.15, -0.1) is 0 Å². The molecule has 4 N–H and O–H groups in total. The number of ether oxygens (including phenoxy) is 2. The minimum Gasteiger partial charge on any atom is -0.457 e. The van der Waals surface area contributed by atoms with Crippen LogP contribution in [0.3, 0.4) is 0 Å². The number of hydrogen-bond acceptors (Lipinski definition) is 4. The Hall–Kier alpha value is -3.92. The van der Waals surface area contributed by atoms with Crippen molar-refractivity contribution < 1.29 is 9.47 Å². The molecule has 4 heteroatoms. The summed E-state index contributed by atoms with van der Waals surface area (Å²) >= 11 is 0. The highest BCUT2D eigenvalue weighted by atomic mass is 16.5. The monoisotopic (exact) mass is 536 g/mol. The van der Waals surface area contributed by atoms with Crippen LogP contribution in [0.1, 0.15) is 82.8 Å². The van der Waals surface area contributed by atoms with Crippen LogP contribution in [0.4, 0.5) is 11.4 Å². The van der Waals surface area contributed by atoms with E-state index in [2.05, 4.69) is 50.2 Å². The Morgan fingerprint density at radius 1 is 0.525 bits per heavy atom. The van der Waals surface area contributed by atoms with Crippen molar-refractivity contribution in [2.24, 2.45) is 0 Å². The molecule has 0 unspecified atom stereocenters. The number of benzene rings is 4. The maximum atomic E-state index is 6.48. The zero-order valence-electron chi connectivity index (χ0n) is 24.1. The zero-order valence-corrected chi connectivity index (χ0v) is 24.1. The summed E-state index contributed by atoms with van der Waals surface area (Å²) in [5.74, 6) is 3.22. The van der Waals surface area contributed by atoms with Crippen molar-refractivity contribution in [2.75, 3.05) is 11.5 Å². The SMILES string of the molecule is CCCCCCCCCCC(C)(c1ccccc1Oc1ccc(N)cc1)c1ccccc1Oc1ccc(N)cc1. The fourth-order valence-electron chi connectivity index (χ4n) is 5.38. The van der Waals surface area contributed by atoms with Crippen LogP contribution in [-0.4, -0.2) is 0 Å². The van der Waals surface area contributed by atoms with E-state index in [0.717, 1.165) is 47.0 Å². The number of nitrogens with two attached hydrogens (primary N) is 2. The summed E-state index contributed by atoms with van der Waals surface area (Å²) in [6.07, 6.45) is 11.2. The van der Waals surface area contributed by atoms with Crippen LogP contribution in [-0.2, 0) is 5.41 Å². The topological polar surface area (TPSA) is 70.5 Å². The molecule has 0 heterocycles. The van der Waals surface area contributed by atoms with E-state index in [0.29, 0.717) is 11.4 Å². The van der Waals surface area contributed by atoms with Gasteiger partial charge < -0.3 is 20.9 Å². The minimum absolute atomic E-state index is 0.336. The summed E-state index contributed by atoms with van der Waals surface area (Å²) < 4.78 is 13.0. The molecule has 0 saturated carbocycles. The molecular formula is C36H44N2O2. The summed E-state index contributed by atoms with van der Waals surface area (Å²) in [4.78, 5) is 0. The smallest absolute Gasteiger partial charge is 0.131 e. The van der Waals surface area contributed by atoms with Crippen molar-refractivity contribution in [3.05, 3.63) is 108 Å². The molecule has 0 aromatic heterocycles. The van der Waals surface area contributed by atoms with Gasteiger partial charge in [0.2, 0.25) is 0 Å². The third-order valence-electron chi connectivity index (χ3n) is 7.71. The first-order valence-corrected chi connectivity index (χ1v) is 14.8.